The highest BCUT2D eigenvalue weighted by molar-refractivity contribution is 7.16. The number of hydrogen-bond donors (Lipinski definition) is 1. The Kier molecular flexibility index (Phi) is 3.74. The lowest BCUT2D eigenvalue weighted by molar-refractivity contribution is 0.322. The molecule has 0 radical (unpaired) electrons. The van der Waals surface area contributed by atoms with E-state index >= 15 is 0 Å². The fraction of sp³-hybridized carbons (Fsp3) is 0.714. The van der Waals surface area contributed by atoms with Crippen molar-refractivity contribution in [3.8, 4) is 0 Å². The molecule has 0 saturated heterocycles. The molecule has 1 aromatic rings. The van der Waals surface area contributed by atoms with Crippen LogP contribution in [0.1, 0.15) is 61.4 Å². The van der Waals surface area contributed by atoms with Gasteiger partial charge in [-0.15, -0.1) is 11.3 Å². The summed E-state index contributed by atoms with van der Waals surface area (Å²) < 4.78 is 0.965. The van der Waals surface area contributed by atoms with Crippen LogP contribution in [0.25, 0.3) is 0 Å². The third-order valence-electron chi connectivity index (χ3n) is 4.13. The van der Waals surface area contributed by atoms with Crippen LogP contribution >= 0.6 is 22.9 Å². The summed E-state index contributed by atoms with van der Waals surface area (Å²) in [6.07, 6.45) is 10.8. The van der Waals surface area contributed by atoms with Crippen molar-refractivity contribution in [3.63, 3.8) is 0 Å². The zero-order chi connectivity index (χ0) is 11.7. The van der Waals surface area contributed by atoms with E-state index in [1.54, 1.807) is 11.3 Å². The van der Waals surface area contributed by atoms with E-state index in [1.165, 1.54) is 61.8 Å². The Hall–Kier alpha value is -0.0500. The minimum absolute atomic E-state index is 0.575. The van der Waals surface area contributed by atoms with E-state index in [1.807, 2.05) is 0 Å². The van der Waals surface area contributed by atoms with Gasteiger partial charge in [0.15, 0.2) is 0 Å². The normalized spacial score (nSPS) is 25.8. The molecule has 2 aliphatic rings. The molecule has 0 amide bonds. The van der Waals surface area contributed by atoms with Crippen LogP contribution in [-0.4, -0.2) is 6.04 Å². The molecule has 3 rings (SSSR count). The lowest BCUT2D eigenvalue weighted by Crippen LogP contribution is -2.35. The average molecular weight is 270 g/mol. The standard InChI is InChI=1S/C14H20ClNS/c15-14-9-11-12(7-4-8-13(11)17-14)16-10-5-2-1-3-6-10/h9-10,12,16H,1-8H2. The van der Waals surface area contributed by atoms with Crippen LogP contribution in [0.15, 0.2) is 6.07 Å². The predicted molar refractivity (Wildman–Crippen MR) is 75.0 cm³/mol. The van der Waals surface area contributed by atoms with Crippen molar-refractivity contribution in [1.82, 2.24) is 5.32 Å². The Bertz CT molecular complexity index is 382. The summed E-state index contributed by atoms with van der Waals surface area (Å²) in [5.41, 5.74) is 1.50. The van der Waals surface area contributed by atoms with Crippen LogP contribution in [-0.2, 0) is 6.42 Å². The first-order valence-corrected chi connectivity index (χ1v) is 8.06. The molecule has 1 nitrogen and oxygen atoms in total. The molecule has 1 atom stereocenters. The van der Waals surface area contributed by atoms with E-state index in [0.717, 1.165) is 10.4 Å². The number of aryl methyl sites for hydroxylation is 1. The van der Waals surface area contributed by atoms with Crippen LogP contribution < -0.4 is 5.32 Å². The summed E-state index contributed by atoms with van der Waals surface area (Å²) in [7, 11) is 0. The molecule has 1 saturated carbocycles. The van der Waals surface area contributed by atoms with E-state index in [-0.39, 0.29) is 0 Å². The highest BCUT2D eigenvalue weighted by atomic mass is 35.5. The Labute approximate surface area is 113 Å². The molecular formula is C14H20ClNS. The smallest absolute Gasteiger partial charge is 0.0934 e. The predicted octanol–water partition coefficient (Wildman–Crippen LogP) is 4.70. The van der Waals surface area contributed by atoms with E-state index in [2.05, 4.69) is 11.4 Å². The first kappa shape index (κ1) is 12.0. The second-order valence-corrected chi connectivity index (χ2v) is 7.14. The van der Waals surface area contributed by atoms with Gasteiger partial charge in [-0.1, -0.05) is 30.9 Å². The topological polar surface area (TPSA) is 12.0 Å². The molecule has 1 aromatic heterocycles. The molecule has 0 aliphatic heterocycles. The van der Waals surface area contributed by atoms with Gasteiger partial charge in [-0.25, -0.2) is 0 Å². The summed E-state index contributed by atoms with van der Waals surface area (Å²) in [5.74, 6) is 0. The summed E-state index contributed by atoms with van der Waals surface area (Å²) >= 11 is 7.93. The Morgan fingerprint density at radius 1 is 1.12 bits per heavy atom. The third kappa shape index (κ3) is 2.69. The van der Waals surface area contributed by atoms with E-state index in [4.69, 9.17) is 11.6 Å². The minimum Gasteiger partial charge on any atom is -0.307 e. The Balaban J connectivity index is 1.71. The molecule has 3 heteroatoms. The molecule has 94 valence electrons. The zero-order valence-corrected chi connectivity index (χ0v) is 11.7. The zero-order valence-electron chi connectivity index (χ0n) is 10.2. The van der Waals surface area contributed by atoms with E-state index in [9.17, 15) is 0 Å². The molecule has 1 fully saturated rings. The second kappa shape index (κ2) is 5.29. The fourth-order valence-corrected chi connectivity index (χ4v) is 4.63. The first-order chi connectivity index (χ1) is 8.33. The quantitative estimate of drug-likeness (QED) is 0.821. The first-order valence-electron chi connectivity index (χ1n) is 6.87. The van der Waals surface area contributed by atoms with Crippen molar-refractivity contribution in [3.05, 3.63) is 20.8 Å². The lowest BCUT2D eigenvalue weighted by Gasteiger charge is -2.31. The van der Waals surface area contributed by atoms with Gasteiger partial charge >= 0.3 is 0 Å². The van der Waals surface area contributed by atoms with Crippen molar-refractivity contribution < 1.29 is 0 Å². The van der Waals surface area contributed by atoms with Gasteiger partial charge in [0.2, 0.25) is 0 Å². The number of fused-ring (bicyclic) bond motifs is 1. The van der Waals surface area contributed by atoms with Crippen LogP contribution in [0, 0.1) is 0 Å². The molecule has 2 aliphatic carbocycles. The van der Waals surface area contributed by atoms with Gasteiger partial charge < -0.3 is 5.32 Å². The largest absolute Gasteiger partial charge is 0.307 e. The lowest BCUT2D eigenvalue weighted by atomic mass is 9.90. The highest BCUT2D eigenvalue weighted by Gasteiger charge is 2.25. The molecule has 0 spiro atoms. The van der Waals surface area contributed by atoms with Gasteiger partial charge in [0.1, 0.15) is 0 Å². The highest BCUT2D eigenvalue weighted by Crippen LogP contribution is 2.38. The summed E-state index contributed by atoms with van der Waals surface area (Å²) in [6, 6.07) is 3.52. The summed E-state index contributed by atoms with van der Waals surface area (Å²) in [5, 5.41) is 3.88. The third-order valence-corrected chi connectivity index (χ3v) is 5.47. The van der Waals surface area contributed by atoms with Crippen LogP contribution in [0.2, 0.25) is 4.34 Å². The second-order valence-electron chi connectivity index (χ2n) is 5.38. The maximum atomic E-state index is 6.15. The Morgan fingerprint density at radius 2 is 1.94 bits per heavy atom. The maximum Gasteiger partial charge on any atom is 0.0934 e. The van der Waals surface area contributed by atoms with Crippen LogP contribution in [0.3, 0.4) is 0 Å². The number of halogens is 1. The molecule has 0 aromatic carbocycles. The maximum absolute atomic E-state index is 6.15. The Morgan fingerprint density at radius 3 is 2.76 bits per heavy atom. The van der Waals surface area contributed by atoms with Gasteiger partial charge in [-0.05, 0) is 43.7 Å². The number of nitrogens with one attached hydrogen (secondary N) is 1. The number of hydrogen-bond acceptors (Lipinski definition) is 2. The SMILES string of the molecule is Clc1cc2c(s1)CCCC2NC1CCCCC1. The number of rotatable bonds is 2. The monoisotopic (exact) mass is 269 g/mol. The fourth-order valence-electron chi connectivity index (χ4n) is 3.25. The van der Waals surface area contributed by atoms with Crippen LogP contribution in [0.5, 0.6) is 0 Å². The van der Waals surface area contributed by atoms with Crippen molar-refractivity contribution in [2.75, 3.05) is 0 Å². The van der Waals surface area contributed by atoms with Crippen molar-refractivity contribution in [1.29, 1.82) is 0 Å². The van der Waals surface area contributed by atoms with Crippen molar-refractivity contribution in [2.24, 2.45) is 0 Å². The van der Waals surface area contributed by atoms with Crippen molar-refractivity contribution >= 4 is 22.9 Å². The van der Waals surface area contributed by atoms with Gasteiger partial charge in [0, 0.05) is 17.0 Å². The van der Waals surface area contributed by atoms with E-state index < -0.39 is 0 Å². The van der Waals surface area contributed by atoms with Gasteiger partial charge in [-0.2, -0.15) is 0 Å². The molecular weight excluding hydrogens is 250 g/mol. The summed E-state index contributed by atoms with van der Waals surface area (Å²) in [4.78, 5) is 1.52. The molecule has 1 heterocycles. The van der Waals surface area contributed by atoms with Crippen LogP contribution in [0.4, 0.5) is 0 Å². The minimum atomic E-state index is 0.575. The molecule has 17 heavy (non-hydrogen) atoms. The number of thiophene rings is 1. The van der Waals surface area contributed by atoms with Gasteiger partial charge in [0.05, 0.1) is 4.34 Å². The molecule has 0 bridgehead atoms. The van der Waals surface area contributed by atoms with Crippen molar-refractivity contribution in [2.45, 2.75) is 63.5 Å². The average Bonchev–Trinajstić information content (AvgIpc) is 2.72. The van der Waals surface area contributed by atoms with E-state index in [0.29, 0.717) is 6.04 Å². The molecule has 1 unspecified atom stereocenters. The summed E-state index contributed by atoms with van der Waals surface area (Å²) in [6.45, 7) is 0. The van der Waals surface area contributed by atoms with Gasteiger partial charge in [-0.3, -0.25) is 0 Å². The van der Waals surface area contributed by atoms with Gasteiger partial charge in [0.25, 0.3) is 0 Å². The molecule has 1 N–H and O–H groups in total.